The molecule has 6 unspecified atom stereocenters. The summed E-state index contributed by atoms with van der Waals surface area (Å²) in [7, 11) is 3.13. The van der Waals surface area contributed by atoms with Crippen LogP contribution in [0.2, 0.25) is 5.02 Å². The lowest BCUT2D eigenvalue weighted by Gasteiger charge is -2.29. The Morgan fingerprint density at radius 3 is 2.51 bits per heavy atom. The van der Waals surface area contributed by atoms with Crippen LogP contribution < -0.4 is 14.9 Å². The van der Waals surface area contributed by atoms with Crippen LogP contribution in [0.4, 0.5) is 0 Å². The second kappa shape index (κ2) is 10.00. The Morgan fingerprint density at radius 1 is 1.08 bits per heavy atom. The van der Waals surface area contributed by atoms with Crippen LogP contribution in [-0.2, 0) is 25.6 Å². The molecule has 2 bridgehead atoms. The predicted molar refractivity (Wildman–Crippen MR) is 142 cm³/mol. The first-order valence-corrected chi connectivity index (χ1v) is 13.2. The molecule has 2 aliphatic heterocycles. The number of halogens is 1. The maximum atomic E-state index is 13.5. The van der Waals surface area contributed by atoms with Gasteiger partial charge in [-0.3, -0.25) is 19.3 Å². The zero-order chi connectivity index (χ0) is 27.3. The first-order chi connectivity index (χ1) is 18.9. The number of hydrogen-bond acceptors (Lipinski definition) is 8. The summed E-state index contributed by atoms with van der Waals surface area (Å²) in [5.41, 5.74) is 4.44. The summed E-state index contributed by atoms with van der Waals surface area (Å²) in [5.74, 6) is -1.18. The average Bonchev–Trinajstić information content (AvgIpc) is 3.69. The van der Waals surface area contributed by atoms with E-state index in [0.717, 1.165) is 11.1 Å². The fourth-order valence-corrected chi connectivity index (χ4v) is 6.77. The number of oxime groups is 1. The van der Waals surface area contributed by atoms with Crippen LogP contribution >= 0.6 is 11.6 Å². The molecule has 2 saturated carbocycles. The molecule has 10 nitrogen and oxygen atoms in total. The minimum Gasteiger partial charge on any atom is -0.493 e. The van der Waals surface area contributed by atoms with Crippen LogP contribution in [0.3, 0.4) is 0 Å². The fourth-order valence-electron chi connectivity index (χ4n) is 6.64. The Kier molecular flexibility index (Phi) is 6.50. The van der Waals surface area contributed by atoms with Gasteiger partial charge in [0.2, 0.25) is 11.8 Å². The number of carbonyl (C=O) groups excluding carboxylic acids is 3. The Balaban J connectivity index is 1.12. The van der Waals surface area contributed by atoms with E-state index in [1.807, 2.05) is 12.1 Å². The third-order valence-electron chi connectivity index (χ3n) is 8.34. The predicted octanol–water partition coefficient (Wildman–Crippen LogP) is 2.67. The molecule has 0 radical (unpaired) electrons. The molecule has 6 atom stereocenters. The van der Waals surface area contributed by atoms with Gasteiger partial charge in [-0.25, -0.2) is 5.43 Å². The molecule has 3 amide bonds. The molecule has 2 aromatic carbocycles. The number of hydrogen-bond donors (Lipinski definition) is 1. The molecule has 4 aliphatic rings. The van der Waals surface area contributed by atoms with Gasteiger partial charge in [-0.15, -0.1) is 0 Å². The standard InChI is InChI=1S/C28H27ClN4O6/c1-37-19-8-5-14(11-20(19)38-2)9-10-33-27(35)21-17-12-18(22(21)28(33)36)25-23(17)24(32-39-25)26(34)31-30-13-15-3-6-16(29)7-4-15/h3-8,11,13,17-18,21-23,25H,9-10,12H2,1-2H3,(H,31,34)/b30-13+. The number of fused-ring (bicyclic) bond motifs is 8. The molecule has 1 N–H and O–H groups in total. The molecule has 0 spiro atoms. The second-order valence-electron chi connectivity index (χ2n) is 10.2. The van der Waals surface area contributed by atoms with E-state index in [1.54, 1.807) is 44.6 Å². The maximum Gasteiger partial charge on any atom is 0.289 e. The van der Waals surface area contributed by atoms with Crippen LogP contribution in [0.5, 0.6) is 11.5 Å². The van der Waals surface area contributed by atoms with E-state index < -0.39 is 17.7 Å². The van der Waals surface area contributed by atoms with Crippen molar-refractivity contribution < 1.29 is 28.7 Å². The van der Waals surface area contributed by atoms with Gasteiger partial charge < -0.3 is 14.3 Å². The first-order valence-electron chi connectivity index (χ1n) is 12.8. The van der Waals surface area contributed by atoms with Crippen LogP contribution in [0.25, 0.3) is 0 Å². The van der Waals surface area contributed by atoms with Crippen molar-refractivity contribution in [2.24, 2.45) is 39.8 Å². The number of rotatable bonds is 8. The summed E-state index contributed by atoms with van der Waals surface area (Å²) in [6.45, 7) is 0.274. The average molecular weight is 551 g/mol. The van der Waals surface area contributed by atoms with E-state index in [4.69, 9.17) is 25.9 Å². The highest BCUT2D eigenvalue weighted by Gasteiger charge is 2.70. The molecule has 2 aliphatic carbocycles. The molecule has 2 heterocycles. The monoisotopic (exact) mass is 550 g/mol. The van der Waals surface area contributed by atoms with Crippen molar-refractivity contribution in [3.63, 3.8) is 0 Å². The zero-order valence-electron chi connectivity index (χ0n) is 21.4. The van der Waals surface area contributed by atoms with Crippen molar-refractivity contribution in [1.29, 1.82) is 0 Å². The number of imide groups is 1. The highest BCUT2D eigenvalue weighted by molar-refractivity contribution is 6.40. The van der Waals surface area contributed by atoms with Crippen molar-refractivity contribution >= 4 is 41.2 Å². The normalized spacial score (nSPS) is 28.4. The number of ether oxygens (including phenoxy) is 2. The van der Waals surface area contributed by atoms with E-state index in [0.29, 0.717) is 29.4 Å². The molecular formula is C28H27ClN4O6. The lowest BCUT2D eigenvalue weighted by Crippen LogP contribution is -2.44. The number of likely N-dealkylation sites (tertiary alicyclic amines) is 1. The van der Waals surface area contributed by atoms with Crippen molar-refractivity contribution in [1.82, 2.24) is 10.3 Å². The molecule has 0 aromatic heterocycles. The molecule has 1 saturated heterocycles. The Hall–Kier alpha value is -3.92. The first kappa shape index (κ1) is 25.4. The summed E-state index contributed by atoms with van der Waals surface area (Å²) in [6, 6.07) is 12.6. The summed E-state index contributed by atoms with van der Waals surface area (Å²) >= 11 is 5.90. The zero-order valence-corrected chi connectivity index (χ0v) is 22.1. The second-order valence-corrected chi connectivity index (χ2v) is 10.6. The van der Waals surface area contributed by atoms with Crippen LogP contribution in [0.15, 0.2) is 52.7 Å². The van der Waals surface area contributed by atoms with Gasteiger partial charge in [-0.05, 0) is 54.2 Å². The number of carbonyl (C=O) groups is 3. The van der Waals surface area contributed by atoms with E-state index in [9.17, 15) is 14.4 Å². The maximum absolute atomic E-state index is 13.5. The number of hydrazone groups is 1. The molecule has 2 aromatic rings. The van der Waals surface area contributed by atoms with Crippen molar-refractivity contribution in [3.8, 4) is 11.5 Å². The largest absolute Gasteiger partial charge is 0.493 e. The number of methoxy groups -OCH3 is 2. The number of nitrogens with one attached hydrogen (secondary N) is 1. The smallest absolute Gasteiger partial charge is 0.289 e. The summed E-state index contributed by atoms with van der Waals surface area (Å²) in [4.78, 5) is 46.9. The van der Waals surface area contributed by atoms with Gasteiger partial charge in [-0.2, -0.15) is 5.10 Å². The molecule has 6 rings (SSSR count). The SMILES string of the molecule is COc1ccc(CCN2C(=O)C3C4CC(C5C(C(=O)N/N=C/c6ccc(Cl)cc6)=NOC45)C3C2=O)cc1OC. The van der Waals surface area contributed by atoms with Gasteiger partial charge in [0.05, 0.1) is 38.2 Å². The highest BCUT2D eigenvalue weighted by Crippen LogP contribution is 2.61. The minimum absolute atomic E-state index is 0.154. The summed E-state index contributed by atoms with van der Waals surface area (Å²) < 4.78 is 10.7. The Morgan fingerprint density at radius 2 is 1.79 bits per heavy atom. The van der Waals surface area contributed by atoms with E-state index in [1.165, 1.54) is 11.1 Å². The summed E-state index contributed by atoms with van der Waals surface area (Å²) in [6.07, 6.45) is 2.27. The van der Waals surface area contributed by atoms with Crippen LogP contribution in [0, 0.1) is 29.6 Å². The topological polar surface area (TPSA) is 119 Å². The lowest BCUT2D eigenvalue weighted by molar-refractivity contribution is -0.141. The van der Waals surface area contributed by atoms with Gasteiger partial charge >= 0.3 is 0 Å². The van der Waals surface area contributed by atoms with Gasteiger partial charge in [0, 0.05) is 17.5 Å². The molecular weight excluding hydrogens is 524 g/mol. The van der Waals surface area contributed by atoms with E-state index >= 15 is 0 Å². The third-order valence-corrected chi connectivity index (χ3v) is 8.59. The molecule has 3 fully saturated rings. The molecule has 11 heteroatoms. The Labute approximate surface area is 229 Å². The molecule has 39 heavy (non-hydrogen) atoms. The fraction of sp³-hybridized carbons (Fsp3) is 0.393. The number of benzene rings is 2. The van der Waals surface area contributed by atoms with Crippen molar-refractivity contribution in [3.05, 3.63) is 58.6 Å². The van der Waals surface area contributed by atoms with E-state index in [2.05, 4.69) is 15.7 Å². The van der Waals surface area contributed by atoms with E-state index in [-0.39, 0.29) is 47.9 Å². The quantitative estimate of drug-likeness (QED) is 0.307. The third kappa shape index (κ3) is 4.23. The van der Waals surface area contributed by atoms with Crippen molar-refractivity contribution in [2.45, 2.75) is 18.9 Å². The van der Waals surface area contributed by atoms with Crippen LogP contribution in [0.1, 0.15) is 17.5 Å². The van der Waals surface area contributed by atoms with Gasteiger partial charge in [0.15, 0.2) is 17.2 Å². The Bertz CT molecular complexity index is 1390. The van der Waals surface area contributed by atoms with Gasteiger partial charge in [-0.1, -0.05) is 35.0 Å². The van der Waals surface area contributed by atoms with Crippen LogP contribution in [-0.4, -0.2) is 61.4 Å². The summed E-state index contributed by atoms with van der Waals surface area (Å²) in [5, 5.41) is 8.69. The van der Waals surface area contributed by atoms with Crippen molar-refractivity contribution in [2.75, 3.05) is 20.8 Å². The minimum atomic E-state index is -0.473. The lowest BCUT2D eigenvalue weighted by atomic mass is 9.72. The number of amides is 3. The van der Waals surface area contributed by atoms with Gasteiger partial charge in [0.25, 0.3) is 5.91 Å². The number of nitrogens with zero attached hydrogens (tertiary/aromatic N) is 3. The highest BCUT2D eigenvalue weighted by atomic mass is 35.5. The molecule has 202 valence electrons. The van der Waals surface area contributed by atoms with Gasteiger partial charge in [0.1, 0.15) is 6.10 Å².